The van der Waals surface area contributed by atoms with Gasteiger partial charge in [-0.15, -0.1) is 0 Å². The van der Waals surface area contributed by atoms with Crippen molar-refractivity contribution in [1.29, 1.82) is 5.26 Å². The number of nitrogens with zero attached hydrogens (tertiary/aromatic N) is 3. The average Bonchev–Trinajstić information content (AvgIpc) is 2.45. The Kier molecular flexibility index (Phi) is 4.26. The largest absolute Gasteiger partial charge is 0.484 e. The Hall–Kier alpha value is -2.41. The van der Waals surface area contributed by atoms with Gasteiger partial charge in [-0.25, -0.2) is 9.97 Å². The van der Waals surface area contributed by atoms with Crippen molar-refractivity contribution in [1.82, 2.24) is 9.97 Å². The molecule has 0 saturated carbocycles. The van der Waals surface area contributed by atoms with Gasteiger partial charge in [0.05, 0.1) is 11.8 Å². The highest BCUT2D eigenvalue weighted by Crippen LogP contribution is 2.23. The van der Waals surface area contributed by atoms with E-state index in [1.165, 1.54) is 6.33 Å². The number of para-hydroxylation sites is 1. The molecule has 1 heterocycles. The minimum absolute atomic E-state index is 0.213. The van der Waals surface area contributed by atoms with E-state index in [4.69, 9.17) is 10.00 Å². The fraction of sp³-hybridized carbons (Fsp3) is 0.214. The summed E-state index contributed by atoms with van der Waals surface area (Å²) in [5.74, 6) is 0.777. The van der Waals surface area contributed by atoms with E-state index in [0.29, 0.717) is 12.8 Å². The summed E-state index contributed by atoms with van der Waals surface area (Å²) >= 11 is 0. The summed E-state index contributed by atoms with van der Waals surface area (Å²) in [6, 6.07) is 13.5. The summed E-state index contributed by atoms with van der Waals surface area (Å²) in [4.78, 5) is 8.07. The van der Waals surface area contributed by atoms with Gasteiger partial charge in [0.2, 0.25) is 0 Å². The molecule has 1 unspecified atom stereocenters. The fourth-order valence-electron chi connectivity index (χ4n) is 1.62. The molecule has 0 radical (unpaired) electrons. The number of benzene rings is 1. The van der Waals surface area contributed by atoms with E-state index >= 15 is 0 Å². The molecule has 1 atom stereocenters. The van der Waals surface area contributed by atoms with Crippen molar-refractivity contribution in [2.45, 2.75) is 18.9 Å². The second-order valence-corrected chi connectivity index (χ2v) is 3.75. The Morgan fingerprint density at radius 3 is 2.72 bits per heavy atom. The molecule has 0 aliphatic rings. The minimum Gasteiger partial charge on any atom is -0.484 e. The monoisotopic (exact) mass is 239 g/mol. The number of hydrogen-bond acceptors (Lipinski definition) is 4. The zero-order valence-corrected chi connectivity index (χ0v) is 9.86. The molecular weight excluding hydrogens is 226 g/mol. The molecule has 4 nitrogen and oxygen atoms in total. The topological polar surface area (TPSA) is 58.8 Å². The Morgan fingerprint density at radius 2 is 2.06 bits per heavy atom. The van der Waals surface area contributed by atoms with Crippen LogP contribution in [0.25, 0.3) is 0 Å². The van der Waals surface area contributed by atoms with Gasteiger partial charge in [-0.05, 0) is 18.2 Å². The molecule has 1 aromatic heterocycles. The Labute approximate surface area is 106 Å². The zero-order chi connectivity index (χ0) is 12.6. The van der Waals surface area contributed by atoms with Crippen LogP contribution in [0, 0.1) is 11.3 Å². The zero-order valence-electron chi connectivity index (χ0n) is 9.86. The highest BCUT2D eigenvalue weighted by atomic mass is 16.5. The average molecular weight is 239 g/mol. The molecule has 4 heteroatoms. The van der Waals surface area contributed by atoms with E-state index in [1.54, 1.807) is 6.20 Å². The van der Waals surface area contributed by atoms with Crippen LogP contribution in [0.5, 0.6) is 5.75 Å². The first-order chi connectivity index (χ1) is 8.90. The Balaban J connectivity index is 2.14. The van der Waals surface area contributed by atoms with Crippen molar-refractivity contribution >= 4 is 0 Å². The van der Waals surface area contributed by atoms with E-state index in [0.717, 1.165) is 11.4 Å². The lowest BCUT2D eigenvalue weighted by molar-refractivity contribution is 0.192. The molecule has 2 aromatic rings. The maximum absolute atomic E-state index is 8.69. The summed E-state index contributed by atoms with van der Waals surface area (Å²) in [6.07, 6.45) is 4.00. The standard InChI is InChI=1S/C14H13N3O/c15-9-4-7-14(13-8-10-16-11-17-13)18-12-5-2-1-3-6-12/h1-3,5-6,8,10-11,14H,4,7H2. The van der Waals surface area contributed by atoms with Crippen LogP contribution in [-0.4, -0.2) is 9.97 Å². The molecule has 0 aliphatic heterocycles. The van der Waals surface area contributed by atoms with Gasteiger partial charge in [-0.2, -0.15) is 5.26 Å². The van der Waals surface area contributed by atoms with E-state index in [2.05, 4.69) is 16.0 Å². The van der Waals surface area contributed by atoms with Crippen molar-refractivity contribution in [3.63, 3.8) is 0 Å². The van der Waals surface area contributed by atoms with Crippen molar-refractivity contribution in [2.75, 3.05) is 0 Å². The predicted octanol–water partition coefficient (Wildman–Crippen LogP) is 2.90. The van der Waals surface area contributed by atoms with Crippen molar-refractivity contribution in [3.8, 4) is 11.8 Å². The third-order valence-corrected chi connectivity index (χ3v) is 2.47. The minimum atomic E-state index is -0.213. The fourth-order valence-corrected chi connectivity index (χ4v) is 1.62. The van der Waals surface area contributed by atoms with Crippen LogP contribution in [0.15, 0.2) is 48.9 Å². The quantitative estimate of drug-likeness (QED) is 0.804. The third-order valence-electron chi connectivity index (χ3n) is 2.47. The first kappa shape index (κ1) is 12.1. The van der Waals surface area contributed by atoms with Gasteiger partial charge in [0.25, 0.3) is 0 Å². The van der Waals surface area contributed by atoms with Gasteiger partial charge in [0.1, 0.15) is 18.2 Å². The summed E-state index contributed by atoms with van der Waals surface area (Å²) in [6.45, 7) is 0. The maximum atomic E-state index is 8.69. The Bertz CT molecular complexity index is 508. The van der Waals surface area contributed by atoms with E-state index < -0.39 is 0 Å². The van der Waals surface area contributed by atoms with E-state index in [-0.39, 0.29) is 6.10 Å². The van der Waals surface area contributed by atoms with Gasteiger partial charge in [0.15, 0.2) is 0 Å². The summed E-state index contributed by atoms with van der Waals surface area (Å²) in [7, 11) is 0. The van der Waals surface area contributed by atoms with Crippen molar-refractivity contribution < 1.29 is 4.74 Å². The summed E-state index contributed by atoms with van der Waals surface area (Å²) in [5, 5.41) is 8.69. The molecule has 0 spiro atoms. The highest BCUT2D eigenvalue weighted by Gasteiger charge is 2.14. The SMILES string of the molecule is N#CCCC(Oc1ccccc1)c1ccncn1. The molecule has 0 amide bonds. The summed E-state index contributed by atoms with van der Waals surface area (Å²) < 4.78 is 5.86. The second-order valence-electron chi connectivity index (χ2n) is 3.75. The highest BCUT2D eigenvalue weighted by molar-refractivity contribution is 5.22. The van der Waals surface area contributed by atoms with E-state index in [1.807, 2.05) is 36.4 Å². The van der Waals surface area contributed by atoms with Crippen LogP contribution in [0.4, 0.5) is 0 Å². The molecule has 2 rings (SSSR count). The van der Waals surface area contributed by atoms with E-state index in [9.17, 15) is 0 Å². The first-order valence-corrected chi connectivity index (χ1v) is 5.74. The maximum Gasteiger partial charge on any atom is 0.142 e. The lowest BCUT2D eigenvalue weighted by Gasteiger charge is -2.17. The van der Waals surface area contributed by atoms with Crippen LogP contribution in [0.3, 0.4) is 0 Å². The first-order valence-electron chi connectivity index (χ1n) is 5.74. The number of rotatable bonds is 5. The van der Waals surface area contributed by atoms with Crippen LogP contribution in [0.1, 0.15) is 24.6 Å². The lowest BCUT2D eigenvalue weighted by Crippen LogP contribution is -2.09. The molecule has 0 fully saturated rings. The molecule has 0 N–H and O–H groups in total. The molecule has 1 aromatic carbocycles. The van der Waals surface area contributed by atoms with Gasteiger partial charge in [-0.3, -0.25) is 0 Å². The van der Waals surface area contributed by atoms with Crippen LogP contribution in [-0.2, 0) is 0 Å². The second kappa shape index (κ2) is 6.36. The molecule has 90 valence electrons. The Morgan fingerprint density at radius 1 is 1.22 bits per heavy atom. The lowest BCUT2D eigenvalue weighted by atomic mass is 10.1. The van der Waals surface area contributed by atoms with Crippen molar-refractivity contribution in [3.05, 3.63) is 54.6 Å². The van der Waals surface area contributed by atoms with Crippen molar-refractivity contribution in [2.24, 2.45) is 0 Å². The number of hydrogen-bond donors (Lipinski definition) is 0. The van der Waals surface area contributed by atoms with Gasteiger partial charge in [0, 0.05) is 19.0 Å². The van der Waals surface area contributed by atoms with Crippen LogP contribution >= 0.6 is 0 Å². The normalized spacial score (nSPS) is 11.5. The predicted molar refractivity (Wildman–Crippen MR) is 66.7 cm³/mol. The molecule has 18 heavy (non-hydrogen) atoms. The molecule has 0 bridgehead atoms. The van der Waals surface area contributed by atoms with Gasteiger partial charge in [-0.1, -0.05) is 18.2 Å². The molecular formula is C14H13N3O. The smallest absolute Gasteiger partial charge is 0.142 e. The number of aromatic nitrogens is 2. The molecule has 0 aliphatic carbocycles. The number of ether oxygens (including phenoxy) is 1. The summed E-state index contributed by atoms with van der Waals surface area (Å²) in [5.41, 5.74) is 0.795. The van der Waals surface area contributed by atoms with Crippen LogP contribution in [0.2, 0.25) is 0 Å². The number of nitriles is 1. The van der Waals surface area contributed by atoms with Crippen LogP contribution < -0.4 is 4.74 Å². The van der Waals surface area contributed by atoms with Gasteiger partial charge < -0.3 is 4.74 Å². The van der Waals surface area contributed by atoms with Gasteiger partial charge >= 0.3 is 0 Å². The third kappa shape index (κ3) is 3.29. The molecule has 0 saturated heterocycles.